The van der Waals surface area contributed by atoms with Crippen LogP contribution in [-0.2, 0) is 0 Å². The predicted molar refractivity (Wildman–Crippen MR) is 88.4 cm³/mol. The average molecular weight is 267 g/mol. The first-order valence-corrected chi connectivity index (χ1v) is 7.08. The molecule has 0 heterocycles. The van der Waals surface area contributed by atoms with Crippen LogP contribution in [-0.4, -0.2) is 0 Å². The van der Waals surface area contributed by atoms with Crippen molar-refractivity contribution in [3.63, 3.8) is 0 Å². The van der Waals surface area contributed by atoms with Crippen LogP contribution in [0.1, 0.15) is 43.7 Å². The number of hydrogen-bond acceptors (Lipinski definition) is 2. The van der Waals surface area contributed by atoms with Gasteiger partial charge in [-0.25, -0.2) is 0 Å². The number of nitrogens with one attached hydrogen (secondary N) is 1. The molecule has 1 unspecified atom stereocenters. The lowest BCUT2D eigenvalue weighted by Crippen LogP contribution is -2.05. The van der Waals surface area contributed by atoms with Crippen LogP contribution in [0.25, 0.3) is 0 Å². The molecule has 0 fully saturated rings. The van der Waals surface area contributed by atoms with Crippen molar-refractivity contribution in [1.82, 2.24) is 0 Å². The summed E-state index contributed by atoms with van der Waals surface area (Å²) in [6, 6.07) is 14.2. The van der Waals surface area contributed by atoms with Crippen molar-refractivity contribution in [2.75, 3.05) is 11.1 Å². The lowest BCUT2D eigenvalue weighted by molar-refractivity contribution is 0.859. The van der Waals surface area contributed by atoms with E-state index in [1.807, 2.05) is 24.3 Å². The summed E-state index contributed by atoms with van der Waals surface area (Å²) in [4.78, 5) is 0. The summed E-state index contributed by atoms with van der Waals surface area (Å²) in [5, 5.41) is 3.51. The minimum Gasteiger partial charge on any atom is -0.397 e. The Bertz CT molecular complexity index is 559. The summed E-state index contributed by atoms with van der Waals surface area (Å²) in [7, 11) is 0. The first-order valence-electron chi connectivity index (χ1n) is 7.08. The fourth-order valence-corrected chi connectivity index (χ4v) is 2.37. The van der Waals surface area contributed by atoms with Crippen molar-refractivity contribution >= 4 is 17.1 Å². The van der Waals surface area contributed by atoms with Crippen LogP contribution in [0.2, 0.25) is 0 Å². The highest BCUT2D eigenvalue weighted by Crippen LogP contribution is 2.35. The van der Waals surface area contributed by atoms with Crippen molar-refractivity contribution in [2.45, 2.75) is 32.6 Å². The Morgan fingerprint density at radius 1 is 0.950 bits per heavy atom. The molecule has 1 atom stereocenters. The highest BCUT2D eigenvalue weighted by atomic mass is 14.9. The molecule has 0 spiro atoms. The maximum absolute atomic E-state index is 6.04. The fraction of sp³-hybridized carbons (Fsp3) is 0.278. The molecule has 2 aromatic rings. The molecule has 0 aromatic heterocycles. The van der Waals surface area contributed by atoms with E-state index in [-0.39, 0.29) is 5.92 Å². The number of anilines is 3. The molecule has 0 aliphatic heterocycles. The van der Waals surface area contributed by atoms with Gasteiger partial charge in [0.25, 0.3) is 0 Å². The van der Waals surface area contributed by atoms with E-state index in [0.29, 0.717) is 5.92 Å². The van der Waals surface area contributed by atoms with Crippen LogP contribution in [0.3, 0.4) is 0 Å². The maximum atomic E-state index is 6.04. The Kier molecular flexibility index (Phi) is 4.23. The van der Waals surface area contributed by atoms with Gasteiger partial charge in [-0.15, -0.1) is 0 Å². The van der Waals surface area contributed by atoms with Crippen molar-refractivity contribution < 1.29 is 0 Å². The largest absolute Gasteiger partial charge is 0.397 e. The molecule has 0 aliphatic carbocycles. The minimum absolute atomic E-state index is 0.223. The Balaban J connectivity index is 2.51. The standard InChI is InChI=1S/C18H23N2/c1-12(2)14-8-7-9-15(13(3)4)18(14)20-17-11-6-5-10-16(17)19/h5-13,20H,1,19H2,2-4H3/q+1. The summed E-state index contributed by atoms with van der Waals surface area (Å²) >= 11 is 0. The van der Waals surface area contributed by atoms with Crippen LogP contribution in [0.5, 0.6) is 0 Å². The highest BCUT2D eigenvalue weighted by Gasteiger charge is 2.17. The van der Waals surface area contributed by atoms with E-state index in [2.05, 4.69) is 51.2 Å². The molecule has 0 radical (unpaired) electrons. The van der Waals surface area contributed by atoms with Crippen molar-refractivity contribution in [2.24, 2.45) is 0 Å². The summed E-state index contributed by atoms with van der Waals surface area (Å²) in [6.45, 7) is 10.7. The maximum Gasteiger partial charge on any atom is 0.119 e. The van der Waals surface area contributed by atoms with Crippen LogP contribution in [0.15, 0.2) is 42.5 Å². The van der Waals surface area contributed by atoms with Gasteiger partial charge < -0.3 is 11.1 Å². The molecule has 0 saturated heterocycles. The second kappa shape index (κ2) is 5.91. The zero-order valence-electron chi connectivity index (χ0n) is 12.5. The van der Waals surface area contributed by atoms with E-state index in [9.17, 15) is 0 Å². The van der Waals surface area contributed by atoms with Crippen molar-refractivity contribution in [3.05, 3.63) is 60.5 Å². The zero-order chi connectivity index (χ0) is 14.7. The molecule has 0 aliphatic rings. The van der Waals surface area contributed by atoms with Gasteiger partial charge in [0.15, 0.2) is 0 Å². The van der Waals surface area contributed by atoms with Gasteiger partial charge in [-0.05, 0) is 30.5 Å². The number of nitrogen functional groups attached to an aromatic ring is 1. The number of para-hydroxylation sites is 3. The number of benzene rings is 2. The monoisotopic (exact) mass is 267 g/mol. The second-order valence-electron chi connectivity index (χ2n) is 5.58. The van der Waals surface area contributed by atoms with Crippen LogP contribution in [0, 0.1) is 6.92 Å². The topological polar surface area (TPSA) is 38.0 Å². The lowest BCUT2D eigenvalue weighted by atomic mass is 9.92. The molecule has 20 heavy (non-hydrogen) atoms. The molecule has 2 nitrogen and oxygen atoms in total. The predicted octanol–water partition coefficient (Wildman–Crippen LogP) is 5.07. The molecule has 0 bridgehead atoms. The zero-order valence-corrected chi connectivity index (χ0v) is 12.5. The number of nitrogens with two attached hydrogens (primary N) is 1. The van der Waals surface area contributed by atoms with Gasteiger partial charge in [-0.2, -0.15) is 0 Å². The summed E-state index contributed by atoms with van der Waals surface area (Å²) in [5.41, 5.74) is 11.4. The Morgan fingerprint density at radius 2 is 1.60 bits per heavy atom. The van der Waals surface area contributed by atoms with Gasteiger partial charge in [-0.1, -0.05) is 44.2 Å². The van der Waals surface area contributed by atoms with E-state index < -0.39 is 0 Å². The first-order chi connectivity index (χ1) is 9.50. The molecule has 2 rings (SSSR count). The summed E-state index contributed by atoms with van der Waals surface area (Å²) in [5.74, 6) is 0.669. The Hall–Kier alpha value is -2.09. The van der Waals surface area contributed by atoms with Gasteiger partial charge in [0.1, 0.15) is 5.92 Å². The third kappa shape index (κ3) is 2.90. The third-order valence-electron chi connectivity index (χ3n) is 3.50. The van der Waals surface area contributed by atoms with Crippen molar-refractivity contribution in [1.29, 1.82) is 0 Å². The first kappa shape index (κ1) is 14.3. The van der Waals surface area contributed by atoms with E-state index in [1.165, 1.54) is 11.1 Å². The molecular formula is C18H23N2+. The lowest BCUT2D eigenvalue weighted by Gasteiger charge is -2.20. The van der Waals surface area contributed by atoms with Crippen LogP contribution in [0.4, 0.5) is 17.1 Å². The van der Waals surface area contributed by atoms with Gasteiger partial charge in [0.05, 0.1) is 18.3 Å². The number of rotatable bonds is 4. The molecule has 2 aromatic carbocycles. The van der Waals surface area contributed by atoms with Crippen LogP contribution < -0.4 is 11.1 Å². The summed E-state index contributed by atoms with van der Waals surface area (Å²) < 4.78 is 0. The second-order valence-corrected chi connectivity index (χ2v) is 5.58. The molecule has 0 amide bonds. The van der Waals surface area contributed by atoms with Gasteiger partial charge >= 0.3 is 0 Å². The Labute approximate surface area is 122 Å². The van der Waals surface area contributed by atoms with Crippen molar-refractivity contribution in [3.8, 4) is 0 Å². The molecule has 2 heteroatoms. The normalized spacial score (nSPS) is 12.4. The number of hydrogen-bond donors (Lipinski definition) is 2. The smallest absolute Gasteiger partial charge is 0.119 e. The van der Waals surface area contributed by atoms with E-state index in [1.54, 1.807) is 0 Å². The molecule has 3 N–H and O–H groups in total. The van der Waals surface area contributed by atoms with Gasteiger partial charge in [-0.3, -0.25) is 0 Å². The molecule has 0 saturated carbocycles. The molecule has 104 valence electrons. The highest BCUT2D eigenvalue weighted by molar-refractivity contribution is 5.76. The third-order valence-corrected chi connectivity index (χ3v) is 3.50. The summed E-state index contributed by atoms with van der Waals surface area (Å²) in [6.07, 6.45) is 0. The molecular weight excluding hydrogens is 244 g/mol. The van der Waals surface area contributed by atoms with Crippen LogP contribution >= 0.6 is 0 Å². The minimum atomic E-state index is 0.223. The Morgan fingerprint density at radius 3 is 2.20 bits per heavy atom. The van der Waals surface area contributed by atoms with E-state index >= 15 is 0 Å². The average Bonchev–Trinajstić information content (AvgIpc) is 2.41. The van der Waals surface area contributed by atoms with Gasteiger partial charge in [0, 0.05) is 11.3 Å². The van der Waals surface area contributed by atoms with E-state index in [0.717, 1.165) is 17.1 Å². The SMILES string of the molecule is [CH2+]C(C)c1cccc(C(C)C)c1Nc1ccccc1N. The fourth-order valence-electron chi connectivity index (χ4n) is 2.37. The quantitative estimate of drug-likeness (QED) is 0.599. The van der Waals surface area contributed by atoms with Gasteiger partial charge in [0.2, 0.25) is 0 Å². The van der Waals surface area contributed by atoms with E-state index in [4.69, 9.17) is 5.73 Å².